The molecule has 1 amide bonds. The second-order valence-corrected chi connectivity index (χ2v) is 6.83. The number of likely N-dealkylation sites (N-methyl/N-ethyl adjacent to an activating group) is 1. The van der Waals surface area contributed by atoms with Crippen LogP contribution in [0.3, 0.4) is 0 Å². The van der Waals surface area contributed by atoms with Crippen molar-refractivity contribution in [3.8, 4) is 0 Å². The van der Waals surface area contributed by atoms with Gasteiger partial charge in [0.25, 0.3) is 5.91 Å². The summed E-state index contributed by atoms with van der Waals surface area (Å²) < 4.78 is 5.21. The molecule has 2 N–H and O–H groups in total. The molecule has 4 bridgehead atoms. The van der Waals surface area contributed by atoms with Crippen LogP contribution in [0.2, 0.25) is 0 Å². The lowest BCUT2D eigenvalue weighted by Crippen LogP contribution is -2.58. The quantitative estimate of drug-likeness (QED) is 0.859. The van der Waals surface area contributed by atoms with Crippen molar-refractivity contribution in [2.45, 2.75) is 44.2 Å². The van der Waals surface area contributed by atoms with Crippen molar-refractivity contribution >= 4 is 18.3 Å². The number of rotatable bonds is 4. The van der Waals surface area contributed by atoms with Gasteiger partial charge >= 0.3 is 0 Å². The van der Waals surface area contributed by atoms with E-state index >= 15 is 0 Å². The lowest BCUT2D eigenvalue weighted by Gasteiger charge is -2.56. The van der Waals surface area contributed by atoms with Crippen LogP contribution >= 0.6 is 12.4 Å². The summed E-state index contributed by atoms with van der Waals surface area (Å²) in [5.74, 6) is 3.40. The van der Waals surface area contributed by atoms with E-state index in [1.807, 2.05) is 11.9 Å². The number of methoxy groups -OCH3 is 1. The molecule has 4 nitrogen and oxygen atoms in total. The van der Waals surface area contributed by atoms with Gasteiger partial charge in [-0.2, -0.15) is 0 Å². The highest BCUT2D eigenvalue weighted by atomic mass is 35.5. The summed E-state index contributed by atoms with van der Waals surface area (Å²) in [6.07, 6.45) is 6.29. The molecule has 1 unspecified atom stereocenters. The Balaban J connectivity index is 0.00000147. The molecule has 0 aliphatic heterocycles. The number of halogens is 1. The van der Waals surface area contributed by atoms with Crippen LogP contribution in [-0.2, 0) is 9.53 Å². The van der Waals surface area contributed by atoms with Crippen LogP contribution < -0.4 is 5.73 Å². The maximum absolute atomic E-state index is 12.4. The number of ether oxygens (including phenoxy) is 1. The van der Waals surface area contributed by atoms with Gasteiger partial charge in [-0.25, -0.2) is 0 Å². The average molecular weight is 303 g/mol. The molecule has 0 aromatic carbocycles. The average Bonchev–Trinajstić information content (AvgIpc) is 2.38. The van der Waals surface area contributed by atoms with E-state index in [-0.39, 0.29) is 24.9 Å². The van der Waals surface area contributed by atoms with Crippen molar-refractivity contribution in [3.05, 3.63) is 0 Å². The number of nitrogens with zero attached hydrogens (tertiary/aromatic N) is 1. The molecule has 20 heavy (non-hydrogen) atoms. The Morgan fingerprint density at radius 2 is 1.70 bits per heavy atom. The van der Waals surface area contributed by atoms with Crippen LogP contribution in [0.4, 0.5) is 0 Å². The number of hydrogen-bond acceptors (Lipinski definition) is 3. The molecule has 0 saturated heterocycles. The number of amides is 1. The summed E-state index contributed by atoms with van der Waals surface area (Å²) in [7, 11) is 3.52. The zero-order valence-corrected chi connectivity index (χ0v) is 13.3. The maximum atomic E-state index is 12.4. The third-order valence-electron chi connectivity index (χ3n) is 5.75. The van der Waals surface area contributed by atoms with E-state index in [1.54, 1.807) is 7.11 Å². The van der Waals surface area contributed by atoms with Gasteiger partial charge in [-0.1, -0.05) is 0 Å². The third kappa shape index (κ3) is 2.58. The van der Waals surface area contributed by atoms with Gasteiger partial charge < -0.3 is 15.4 Å². The molecule has 4 rings (SSSR count). The molecule has 4 aliphatic rings. The lowest BCUT2D eigenvalue weighted by atomic mass is 9.54. The van der Waals surface area contributed by atoms with Crippen molar-refractivity contribution in [2.24, 2.45) is 29.4 Å². The fraction of sp³-hybridized carbons (Fsp3) is 0.933. The van der Waals surface area contributed by atoms with E-state index in [9.17, 15) is 4.79 Å². The molecule has 4 aliphatic carbocycles. The van der Waals surface area contributed by atoms with Gasteiger partial charge in [0.2, 0.25) is 0 Å². The number of nitrogens with two attached hydrogens (primary N) is 1. The first-order valence-corrected chi connectivity index (χ1v) is 7.63. The van der Waals surface area contributed by atoms with Crippen molar-refractivity contribution in [1.29, 1.82) is 0 Å². The van der Waals surface area contributed by atoms with E-state index in [4.69, 9.17) is 10.5 Å². The summed E-state index contributed by atoms with van der Waals surface area (Å²) >= 11 is 0. The predicted octanol–water partition coefficient (Wildman–Crippen LogP) is 1.66. The Kier molecular flexibility index (Phi) is 4.98. The summed E-state index contributed by atoms with van der Waals surface area (Å²) in [5.41, 5.74) is 5.62. The highest BCUT2D eigenvalue weighted by Crippen LogP contribution is 2.54. The third-order valence-corrected chi connectivity index (χ3v) is 5.75. The molecular weight excluding hydrogens is 276 g/mol. The number of carbonyl (C=O) groups excluding carboxylic acids is 1. The van der Waals surface area contributed by atoms with Crippen LogP contribution in [0.15, 0.2) is 0 Å². The second-order valence-electron chi connectivity index (χ2n) is 6.83. The van der Waals surface area contributed by atoms with E-state index < -0.39 is 6.10 Å². The summed E-state index contributed by atoms with van der Waals surface area (Å²) in [5, 5.41) is 0. The molecule has 0 heterocycles. The highest BCUT2D eigenvalue weighted by molar-refractivity contribution is 5.85. The minimum Gasteiger partial charge on any atom is -0.370 e. The van der Waals surface area contributed by atoms with Crippen LogP contribution in [0, 0.1) is 23.7 Å². The molecule has 4 saturated carbocycles. The minimum absolute atomic E-state index is 0. The lowest BCUT2D eigenvalue weighted by molar-refractivity contribution is -0.151. The molecular formula is C15H27ClN2O2. The van der Waals surface area contributed by atoms with E-state index in [0.717, 1.165) is 23.7 Å². The van der Waals surface area contributed by atoms with Crippen molar-refractivity contribution in [1.82, 2.24) is 4.90 Å². The monoisotopic (exact) mass is 302 g/mol. The Hall–Kier alpha value is -0.320. The Labute approximate surface area is 127 Å². The fourth-order valence-corrected chi connectivity index (χ4v) is 5.20. The molecule has 1 atom stereocenters. The van der Waals surface area contributed by atoms with Crippen LogP contribution in [0.5, 0.6) is 0 Å². The summed E-state index contributed by atoms with van der Waals surface area (Å²) in [4.78, 5) is 14.4. The molecule has 0 aromatic rings. The summed E-state index contributed by atoms with van der Waals surface area (Å²) in [6.45, 7) is 0.271. The largest absolute Gasteiger partial charge is 0.370 e. The van der Waals surface area contributed by atoms with Crippen molar-refractivity contribution < 1.29 is 9.53 Å². The Morgan fingerprint density at radius 3 is 2.10 bits per heavy atom. The van der Waals surface area contributed by atoms with Crippen LogP contribution in [0.25, 0.3) is 0 Å². The Morgan fingerprint density at radius 1 is 1.20 bits per heavy atom. The van der Waals surface area contributed by atoms with E-state index in [1.165, 1.54) is 32.1 Å². The van der Waals surface area contributed by atoms with Crippen LogP contribution in [0.1, 0.15) is 32.1 Å². The highest BCUT2D eigenvalue weighted by Gasteiger charge is 2.50. The van der Waals surface area contributed by atoms with Gasteiger partial charge in [-0.3, -0.25) is 4.79 Å². The van der Waals surface area contributed by atoms with Gasteiger partial charge in [0.1, 0.15) is 6.10 Å². The van der Waals surface area contributed by atoms with Crippen LogP contribution in [-0.4, -0.2) is 43.7 Å². The van der Waals surface area contributed by atoms with Gasteiger partial charge in [-0.05, 0) is 55.8 Å². The first-order chi connectivity index (χ1) is 9.13. The van der Waals surface area contributed by atoms with E-state index in [0.29, 0.717) is 6.04 Å². The zero-order valence-electron chi connectivity index (χ0n) is 12.5. The number of hydrogen-bond donors (Lipinski definition) is 1. The number of carbonyl (C=O) groups is 1. The maximum Gasteiger partial charge on any atom is 0.253 e. The smallest absolute Gasteiger partial charge is 0.253 e. The zero-order chi connectivity index (χ0) is 13.6. The predicted molar refractivity (Wildman–Crippen MR) is 80.7 cm³/mol. The standard InChI is InChI=1S/C15H26N2O2.ClH/c1-17(15(18)13(8-16)19-2)14-11-4-9-3-10(6-11)7-12(14)5-9;/h9-14H,3-8,16H2,1-2H3;1H. The van der Waals surface area contributed by atoms with Gasteiger partial charge in [-0.15, -0.1) is 12.4 Å². The summed E-state index contributed by atoms with van der Waals surface area (Å²) in [6, 6.07) is 0.435. The topological polar surface area (TPSA) is 55.6 Å². The first-order valence-electron chi connectivity index (χ1n) is 7.63. The Bertz CT molecular complexity index is 332. The van der Waals surface area contributed by atoms with E-state index in [2.05, 4.69) is 0 Å². The molecule has 116 valence electrons. The first kappa shape index (κ1) is 16.1. The van der Waals surface area contributed by atoms with Gasteiger partial charge in [0, 0.05) is 26.7 Å². The van der Waals surface area contributed by atoms with Crippen molar-refractivity contribution in [3.63, 3.8) is 0 Å². The SMILES string of the molecule is COC(CN)C(=O)N(C)C1C2CC3CC(C2)CC1C3.Cl. The molecule has 5 heteroatoms. The molecule has 0 spiro atoms. The van der Waals surface area contributed by atoms with Gasteiger partial charge in [0.05, 0.1) is 0 Å². The second kappa shape index (κ2) is 6.20. The van der Waals surface area contributed by atoms with Gasteiger partial charge in [0.15, 0.2) is 0 Å². The normalized spacial score (nSPS) is 39.2. The molecule has 0 radical (unpaired) electrons. The molecule has 0 aromatic heterocycles. The minimum atomic E-state index is -0.470. The fourth-order valence-electron chi connectivity index (χ4n) is 5.20. The molecule has 4 fully saturated rings. The van der Waals surface area contributed by atoms with Crippen molar-refractivity contribution in [2.75, 3.05) is 20.7 Å².